The molecule has 100 valence electrons. The second-order valence-corrected chi connectivity index (χ2v) is 6.27. The van der Waals surface area contributed by atoms with E-state index in [0.717, 1.165) is 5.56 Å². The first kappa shape index (κ1) is 14.6. The van der Waals surface area contributed by atoms with Crippen LogP contribution < -0.4 is 5.73 Å². The minimum Gasteiger partial charge on any atom is -0.330 e. The molecule has 0 saturated carbocycles. The summed E-state index contributed by atoms with van der Waals surface area (Å²) in [4.78, 5) is 9.96. The Kier molecular flexibility index (Phi) is 5.24. The van der Waals surface area contributed by atoms with Gasteiger partial charge in [-0.1, -0.05) is 12.1 Å². The van der Waals surface area contributed by atoms with Gasteiger partial charge >= 0.3 is 0 Å². The molecule has 0 unspecified atom stereocenters. The molecule has 2 N–H and O–H groups in total. The molecule has 0 aliphatic heterocycles. The topological polar surface area (TPSA) is 103 Å². The van der Waals surface area contributed by atoms with Gasteiger partial charge in [0.1, 0.15) is 0 Å². The number of benzene rings is 1. The Bertz CT molecular complexity index is 496. The Morgan fingerprint density at radius 3 is 2.28 bits per heavy atom. The molecule has 0 amide bonds. The highest BCUT2D eigenvalue weighted by Crippen LogP contribution is 2.12. The van der Waals surface area contributed by atoms with Gasteiger partial charge in [0.15, 0.2) is 9.84 Å². The summed E-state index contributed by atoms with van der Waals surface area (Å²) in [6.07, 6.45) is 0.827. The number of sulfone groups is 1. The average Bonchev–Trinajstić information content (AvgIpc) is 2.35. The number of hydrogen-bond acceptors (Lipinski definition) is 5. The smallest absolute Gasteiger partial charge is 0.269 e. The fourth-order valence-electron chi connectivity index (χ4n) is 1.46. The van der Waals surface area contributed by atoms with E-state index in [0.29, 0.717) is 19.4 Å². The third-order valence-electron chi connectivity index (χ3n) is 2.51. The van der Waals surface area contributed by atoms with E-state index < -0.39 is 14.8 Å². The molecule has 1 aromatic carbocycles. The van der Waals surface area contributed by atoms with Crippen LogP contribution in [0.1, 0.15) is 12.0 Å². The Balaban J connectivity index is 2.56. The monoisotopic (exact) mass is 272 g/mol. The van der Waals surface area contributed by atoms with Crippen molar-refractivity contribution in [2.24, 2.45) is 5.73 Å². The highest BCUT2D eigenvalue weighted by Gasteiger charge is 2.11. The van der Waals surface area contributed by atoms with Crippen molar-refractivity contribution in [2.45, 2.75) is 12.8 Å². The number of aryl methyl sites for hydroxylation is 1. The van der Waals surface area contributed by atoms with Crippen molar-refractivity contribution in [3.05, 3.63) is 39.9 Å². The third-order valence-corrected chi connectivity index (χ3v) is 4.25. The number of nitro groups is 1. The van der Waals surface area contributed by atoms with Crippen LogP contribution in [0.5, 0.6) is 0 Å². The van der Waals surface area contributed by atoms with Crippen LogP contribution in [-0.2, 0) is 16.3 Å². The summed E-state index contributed by atoms with van der Waals surface area (Å²) in [5, 5.41) is 10.4. The Morgan fingerprint density at radius 2 is 1.78 bits per heavy atom. The standard InChI is InChI=1S/C11H16N2O4S/c12-7-1-8-18(16,17)9-6-10-2-4-11(5-3-10)13(14)15/h2-5H,1,6-9,12H2. The second-order valence-electron chi connectivity index (χ2n) is 3.97. The molecule has 0 aliphatic carbocycles. The van der Waals surface area contributed by atoms with Gasteiger partial charge in [-0.25, -0.2) is 8.42 Å². The maximum absolute atomic E-state index is 11.6. The number of non-ortho nitro benzene ring substituents is 1. The van der Waals surface area contributed by atoms with Crippen LogP contribution in [0.3, 0.4) is 0 Å². The Labute approximate surface area is 106 Å². The molecule has 18 heavy (non-hydrogen) atoms. The Hall–Kier alpha value is -1.47. The number of rotatable bonds is 7. The minimum absolute atomic E-state index is 0.00439. The van der Waals surface area contributed by atoms with Crippen molar-refractivity contribution < 1.29 is 13.3 Å². The minimum atomic E-state index is -3.08. The van der Waals surface area contributed by atoms with Gasteiger partial charge in [-0.2, -0.15) is 0 Å². The molecule has 0 spiro atoms. The van der Waals surface area contributed by atoms with Crippen molar-refractivity contribution in [1.82, 2.24) is 0 Å². The highest BCUT2D eigenvalue weighted by atomic mass is 32.2. The lowest BCUT2D eigenvalue weighted by atomic mass is 10.1. The van der Waals surface area contributed by atoms with E-state index >= 15 is 0 Å². The summed E-state index contributed by atoms with van der Waals surface area (Å²) in [7, 11) is -3.08. The lowest BCUT2D eigenvalue weighted by Gasteiger charge is -2.03. The summed E-state index contributed by atoms with van der Waals surface area (Å²) in [6, 6.07) is 5.91. The number of nitro benzene ring substituents is 1. The maximum Gasteiger partial charge on any atom is 0.269 e. The average molecular weight is 272 g/mol. The number of hydrogen-bond donors (Lipinski definition) is 1. The van der Waals surface area contributed by atoms with Crippen LogP contribution in [0.25, 0.3) is 0 Å². The molecule has 1 rings (SSSR count). The number of nitrogens with zero attached hydrogens (tertiary/aromatic N) is 1. The van der Waals surface area contributed by atoms with Gasteiger partial charge in [0.2, 0.25) is 0 Å². The van der Waals surface area contributed by atoms with Crippen molar-refractivity contribution in [3.8, 4) is 0 Å². The zero-order chi connectivity index (χ0) is 13.6. The van der Waals surface area contributed by atoms with E-state index in [2.05, 4.69) is 0 Å². The highest BCUT2D eigenvalue weighted by molar-refractivity contribution is 7.91. The summed E-state index contributed by atoms with van der Waals surface area (Å²) in [5.74, 6) is 0.140. The summed E-state index contributed by atoms with van der Waals surface area (Å²) in [6.45, 7) is 0.358. The van der Waals surface area contributed by atoms with Crippen LogP contribution in [0.15, 0.2) is 24.3 Å². The number of nitrogens with two attached hydrogens (primary N) is 1. The van der Waals surface area contributed by atoms with Crippen molar-refractivity contribution in [2.75, 3.05) is 18.1 Å². The molecule has 0 aliphatic rings. The quantitative estimate of drug-likeness (QED) is 0.586. The first-order chi connectivity index (χ1) is 8.44. The Morgan fingerprint density at radius 1 is 1.17 bits per heavy atom. The molecular formula is C11H16N2O4S. The zero-order valence-electron chi connectivity index (χ0n) is 9.91. The summed E-state index contributed by atoms with van der Waals surface area (Å²) in [5.41, 5.74) is 6.04. The van der Waals surface area contributed by atoms with E-state index in [1.54, 1.807) is 12.1 Å². The van der Waals surface area contributed by atoms with Gasteiger partial charge < -0.3 is 5.73 Å². The molecule has 0 radical (unpaired) electrons. The second kappa shape index (κ2) is 6.46. The lowest BCUT2D eigenvalue weighted by molar-refractivity contribution is -0.384. The van der Waals surface area contributed by atoms with Crippen molar-refractivity contribution >= 4 is 15.5 Å². The van der Waals surface area contributed by atoms with Gasteiger partial charge in [0.25, 0.3) is 5.69 Å². The van der Waals surface area contributed by atoms with Crippen molar-refractivity contribution in [3.63, 3.8) is 0 Å². The largest absolute Gasteiger partial charge is 0.330 e. The van der Waals surface area contributed by atoms with Gasteiger partial charge in [-0.3, -0.25) is 10.1 Å². The molecule has 0 saturated heterocycles. The van der Waals surface area contributed by atoms with Gasteiger partial charge in [-0.05, 0) is 24.9 Å². The van der Waals surface area contributed by atoms with Crippen LogP contribution in [0.2, 0.25) is 0 Å². The van der Waals surface area contributed by atoms with Crippen LogP contribution in [0.4, 0.5) is 5.69 Å². The third kappa shape index (κ3) is 4.80. The molecule has 0 heterocycles. The van der Waals surface area contributed by atoms with Gasteiger partial charge in [0, 0.05) is 12.1 Å². The van der Waals surface area contributed by atoms with E-state index in [-0.39, 0.29) is 17.2 Å². The predicted molar refractivity (Wildman–Crippen MR) is 69.1 cm³/mol. The summed E-state index contributed by atoms with van der Waals surface area (Å²) < 4.78 is 23.1. The molecule has 0 atom stereocenters. The fourth-order valence-corrected chi connectivity index (χ4v) is 2.82. The normalized spacial score (nSPS) is 11.4. The molecule has 0 bridgehead atoms. The van der Waals surface area contributed by atoms with Gasteiger partial charge in [0.05, 0.1) is 16.4 Å². The maximum atomic E-state index is 11.6. The molecule has 1 aromatic rings. The molecule has 7 heteroatoms. The lowest BCUT2D eigenvalue weighted by Crippen LogP contribution is -2.15. The van der Waals surface area contributed by atoms with E-state index in [9.17, 15) is 18.5 Å². The summed E-state index contributed by atoms with van der Waals surface area (Å²) >= 11 is 0. The van der Waals surface area contributed by atoms with Gasteiger partial charge in [-0.15, -0.1) is 0 Å². The first-order valence-electron chi connectivity index (χ1n) is 5.58. The first-order valence-corrected chi connectivity index (χ1v) is 7.40. The van der Waals surface area contributed by atoms with E-state index in [1.807, 2.05) is 0 Å². The SMILES string of the molecule is NCCCS(=O)(=O)CCc1ccc([N+](=O)[O-])cc1. The van der Waals surface area contributed by atoms with Crippen molar-refractivity contribution in [1.29, 1.82) is 0 Å². The van der Waals surface area contributed by atoms with E-state index in [4.69, 9.17) is 5.73 Å². The van der Waals surface area contributed by atoms with Crippen LogP contribution in [0, 0.1) is 10.1 Å². The molecule has 0 fully saturated rings. The molecular weight excluding hydrogens is 256 g/mol. The van der Waals surface area contributed by atoms with Crippen LogP contribution in [-0.4, -0.2) is 31.4 Å². The van der Waals surface area contributed by atoms with E-state index in [1.165, 1.54) is 12.1 Å². The fraction of sp³-hybridized carbons (Fsp3) is 0.455. The molecule has 6 nitrogen and oxygen atoms in total. The van der Waals surface area contributed by atoms with Crippen LogP contribution >= 0.6 is 0 Å². The predicted octanol–water partition coefficient (Wildman–Crippen LogP) is 0.901. The molecule has 0 aromatic heterocycles. The zero-order valence-corrected chi connectivity index (χ0v) is 10.7.